The Morgan fingerprint density at radius 2 is 1.47 bits per heavy atom. The van der Waals surface area contributed by atoms with Gasteiger partial charge in [-0.1, -0.05) is 0 Å². The molecule has 3 N–H and O–H groups in total. The van der Waals surface area contributed by atoms with E-state index in [1.807, 2.05) is 14.1 Å². The quantitative estimate of drug-likeness (QED) is 0.420. The molecule has 0 saturated carbocycles. The van der Waals surface area contributed by atoms with Gasteiger partial charge in [-0.05, 0) is 75.1 Å². The van der Waals surface area contributed by atoms with Crippen LogP contribution in [-0.4, -0.2) is 49.8 Å². The molecule has 0 fully saturated rings. The van der Waals surface area contributed by atoms with Gasteiger partial charge in [-0.25, -0.2) is 0 Å². The molecule has 0 aliphatic heterocycles. The summed E-state index contributed by atoms with van der Waals surface area (Å²) in [4.78, 5) is 38.1. The highest BCUT2D eigenvalue weighted by molar-refractivity contribution is 6.17. The minimum Gasteiger partial charge on any atom is -0.352 e. The van der Waals surface area contributed by atoms with E-state index in [-0.39, 0.29) is 23.6 Å². The zero-order valence-corrected chi connectivity index (χ0v) is 18.2. The van der Waals surface area contributed by atoms with Crippen molar-refractivity contribution in [2.75, 3.05) is 37.8 Å². The van der Waals surface area contributed by atoms with Crippen LogP contribution in [0.1, 0.15) is 39.6 Å². The predicted molar refractivity (Wildman–Crippen MR) is 120 cm³/mol. The van der Waals surface area contributed by atoms with E-state index >= 15 is 0 Å². The van der Waals surface area contributed by atoms with Crippen molar-refractivity contribution in [2.24, 2.45) is 0 Å². The van der Waals surface area contributed by atoms with Gasteiger partial charge < -0.3 is 20.9 Å². The number of alkyl halides is 1. The Hall–Kier alpha value is -2.90. The van der Waals surface area contributed by atoms with Crippen molar-refractivity contribution in [1.82, 2.24) is 10.2 Å². The highest BCUT2D eigenvalue weighted by atomic mass is 35.5. The molecule has 0 aliphatic carbocycles. The van der Waals surface area contributed by atoms with Gasteiger partial charge in [-0.2, -0.15) is 0 Å². The van der Waals surface area contributed by atoms with Gasteiger partial charge in [-0.3, -0.25) is 14.4 Å². The molecule has 7 nitrogen and oxygen atoms in total. The monoisotopic (exact) mass is 430 g/mol. The Balaban J connectivity index is 2.01. The average Bonchev–Trinajstić information content (AvgIpc) is 2.70. The molecule has 160 valence electrons. The summed E-state index contributed by atoms with van der Waals surface area (Å²) >= 11 is 5.90. The number of hydrogen-bond acceptors (Lipinski definition) is 4. The Bertz CT molecular complexity index is 898. The van der Waals surface area contributed by atoms with E-state index in [4.69, 9.17) is 11.6 Å². The maximum Gasteiger partial charge on any atom is 0.255 e. The maximum atomic E-state index is 12.6. The van der Waals surface area contributed by atoms with Crippen LogP contribution in [0.4, 0.5) is 11.4 Å². The van der Waals surface area contributed by atoms with Crippen LogP contribution in [0.5, 0.6) is 0 Å². The number of nitrogens with one attached hydrogen (secondary N) is 3. The Kier molecular flexibility index (Phi) is 8.83. The molecule has 3 amide bonds. The van der Waals surface area contributed by atoms with Gasteiger partial charge in [0.05, 0.1) is 0 Å². The Labute approximate surface area is 181 Å². The van der Waals surface area contributed by atoms with Crippen LogP contribution in [0.2, 0.25) is 0 Å². The first kappa shape index (κ1) is 23.4. The van der Waals surface area contributed by atoms with E-state index in [1.54, 1.807) is 42.5 Å². The second-order valence-corrected chi connectivity index (χ2v) is 7.44. The fraction of sp³-hybridized carbons (Fsp3) is 0.318. The molecular weight excluding hydrogens is 404 g/mol. The van der Waals surface area contributed by atoms with Gasteiger partial charge in [0.2, 0.25) is 5.91 Å². The van der Waals surface area contributed by atoms with Crippen molar-refractivity contribution < 1.29 is 14.4 Å². The maximum absolute atomic E-state index is 12.6. The Morgan fingerprint density at radius 1 is 0.900 bits per heavy atom. The molecule has 2 rings (SSSR count). The summed E-state index contributed by atoms with van der Waals surface area (Å²) in [5.41, 5.74) is 2.74. The van der Waals surface area contributed by atoms with Crippen molar-refractivity contribution in [3.63, 3.8) is 0 Å². The van der Waals surface area contributed by atoms with Crippen LogP contribution in [0, 0.1) is 0 Å². The smallest absolute Gasteiger partial charge is 0.255 e. The molecular formula is C22H27ClN4O3. The summed E-state index contributed by atoms with van der Waals surface area (Å²) in [6.07, 6.45) is 0.862. The summed E-state index contributed by atoms with van der Waals surface area (Å²) in [6, 6.07) is 11.6. The van der Waals surface area contributed by atoms with E-state index in [1.165, 1.54) is 6.92 Å². The van der Waals surface area contributed by atoms with Crippen LogP contribution in [0.15, 0.2) is 42.5 Å². The molecule has 0 saturated heterocycles. The number of halogens is 1. The van der Waals surface area contributed by atoms with Crippen molar-refractivity contribution in [1.29, 1.82) is 0 Å². The highest BCUT2D eigenvalue weighted by Gasteiger charge is 2.11. The van der Waals surface area contributed by atoms with Crippen LogP contribution in [0.25, 0.3) is 0 Å². The zero-order valence-electron chi connectivity index (χ0n) is 17.4. The lowest BCUT2D eigenvalue weighted by molar-refractivity contribution is -0.114. The third kappa shape index (κ3) is 7.50. The first-order valence-electron chi connectivity index (χ1n) is 9.60. The fourth-order valence-electron chi connectivity index (χ4n) is 2.79. The molecule has 30 heavy (non-hydrogen) atoms. The number of hydrogen-bond donors (Lipinski definition) is 3. The number of rotatable bonds is 9. The molecule has 2 aromatic carbocycles. The third-order valence-corrected chi connectivity index (χ3v) is 4.51. The molecule has 2 aromatic rings. The van der Waals surface area contributed by atoms with Crippen LogP contribution in [0.3, 0.4) is 0 Å². The lowest BCUT2D eigenvalue weighted by Gasteiger charge is -2.11. The SMILES string of the molecule is CC(=O)Nc1cc(CCl)cc(NC(=O)c2ccc(C(=O)NCCCN(C)C)cc2)c1. The average molecular weight is 431 g/mol. The molecule has 0 heterocycles. The van der Waals surface area contributed by atoms with Gasteiger partial charge in [0.25, 0.3) is 11.8 Å². The van der Waals surface area contributed by atoms with E-state index in [2.05, 4.69) is 20.9 Å². The van der Waals surface area contributed by atoms with Gasteiger partial charge in [0.1, 0.15) is 0 Å². The first-order chi connectivity index (χ1) is 14.3. The molecule has 0 aliphatic rings. The molecule has 0 unspecified atom stereocenters. The number of anilines is 2. The van der Waals surface area contributed by atoms with Gasteiger partial charge in [-0.15, -0.1) is 11.6 Å². The second kappa shape index (κ2) is 11.3. The van der Waals surface area contributed by atoms with Gasteiger partial charge in [0.15, 0.2) is 0 Å². The summed E-state index contributed by atoms with van der Waals surface area (Å²) in [5, 5.41) is 8.34. The standard InChI is InChI=1S/C22H27ClN4O3/c1-15(28)25-19-11-16(14-23)12-20(13-19)26-22(30)18-7-5-17(6-8-18)21(29)24-9-4-10-27(2)3/h5-8,11-13H,4,9-10,14H2,1-3H3,(H,24,29)(H,25,28)(H,26,30). The molecule has 0 radical (unpaired) electrons. The predicted octanol–water partition coefficient (Wildman–Crippen LogP) is 3.32. The van der Waals surface area contributed by atoms with E-state index in [0.29, 0.717) is 29.0 Å². The van der Waals surface area contributed by atoms with Crippen molar-refractivity contribution >= 4 is 40.7 Å². The molecule has 0 atom stereocenters. The number of amides is 3. The number of carbonyl (C=O) groups excluding carboxylic acids is 3. The number of carbonyl (C=O) groups is 3. The lowest BCUT2D eigenvalue weighted by atomic mass is 10.1. The molecule has 0 aromatic heterocycles. The Morgan fingerprint density at radius 3 is 2.00 bits per heavy atom. The van der Waals surface area contributed by atoms with Gasteiger partial charge >= 0.3 is 0 Å². The van der Waals surface area contributed by atoms with Crippen LogP contribution < -0.4 is 16.0 Å². The number of benzene rings is 2. The lowest BCUT2D eigenvalue weighted by Crippen LogP contribution is -2.27. The third-order valence-electron chi connectivity index (χ3n) is 4.20. The second-order valence-electron chi connectivity index (χ2n) is 7.18. The number of nitrogens with zero attached hydrogens (tertiary/aromatic N) is 1. The summed E-state index contributed by atoms with van der Waals surface area (Å²) in [6.45, 7) is 2.90. The van der Waals surface area contributed by atoms with Crippen LogP contribution in [-0.2, 0) is 10.7 Å². The fourth-order valence-corrected chi connectivity index (χ4v) is 2.95. The zero-order chi connectivity index (χ0) is 22.1. The largest absolute Gasteiger partial charge is 0.352 e. The first-order valence-corrected chi connectivity index (χ1v) is 10.1. The van der Waals surface area contributed by atoms with Crippen molar-refractivity contribution in [3.8, 4) is 0 Å². The normalized spacial score (nSPS) is 10.6. The molecule has 8 heteroatoms. The highest BCUT2D eigenvalue weighted by Crippen LogP contribution is 2.21. The molecule has 0 spiro atoms. The minimum atomic E-state index is -0.326. The summed E-state index contributed by atoms with van der Waals surface area (Å²) in [7, 11) is 3.97. The van der Waals surface area contributed by atoms with Crippen LogP contribution >= 0.6 is 11.6 Å². The minimum absolute atomic E-state index is 0.171. The molecule has 0 bridgehead atoms. The van der Waals surface area contributed by atoms with E-state index in [0.717, 1.165) is 18.5 Å². The van der Waals surface area contributed by atoms with E-state index in [9.17, 15) is 14.4 Å². The van der Waals surface area contributed by atoms with Crippen molar-refractivity contribution in [3.05, 3.63) is 59.2 Å². The summed E-state index contributed by atoms with van der Waals surface area (Å²) in [5.74, 6) is -0.465. The van der Waals surface area contributed by atoms with Gasteiger partial charge in [0, 0.05) is 41.9 Å². The van der Waals surface area contributed by atoms with E-state index < -0.39 is 0 Å². The topological polar surface area (TPSA) is 90.5 Å². The van der Waals surface area contributed by atoms with Crippen molar-refractivity contribution in [2.45, 2.75) is 19.2 Å². The summed E-state index contributed by atoms with van der Waals surface area (Å²) < 4.78 is 0.